The van der Waals surface area contributed by atoms with Crippen molar-refractivity contribution < 1.29 is 0 Å². The Labute approximate surface area is 168 Å². The number of H-pyrrole nitrogens is 2. The molecule has 5 heteroatoms. The SMILES string of the molecule is C=N/C=C(\C=C(/C)NCc1cccc2ccccc12)c1ccc2[nH]c(=O)[nH]c2c1. The highest BCUT2D eigenvalue weighted by Crippen LogP contribution is 2.22. The number of aromatic nitrogens is 2. The van der Waals surface area contributed by atoms with Gasteiger partial charge < -0.3 is 15.3 Å². The van der Waals surface area contributed by atoms with Gasteiger partial charge in [0, 0.05) is 24.0 Å². The Morgan fingerprint density at radius 3 is 2.72 bits per heavy atom. The molecule has 0 aliphatic carbocycles. The van der Waals surface area contributed by atoms with Gasteiger partial charge in [0.25, 0.3) is 0 Å². The van der Waals surface area contributed by atoms with Gasteiger partial charge >= 0.3 is 5.69 Å². The zero-order chi connectivity index (χ0) is 20.2. The first-order valence-corrected chi connectivity index (χ1v) is 9.41. The summed E-state index contributed by atoms with van der Waals surface area (Å²) in [6.45, 7) is 6.34. The van der Waals surface area contributed by atoms with E-state index in [1.807, 2.05) is 31.2 Å². The van der Waals surface area contributed by atoms with Gasteiger partial charge in [-0.25, -0.2) is 4.79 Å². The fraction of sp³-hybridized carbons (Fsp3) is 0.0833. The largest absolute Gasteiger partial charge is 0.384 e. The lowest BCUT2D eigenvalue weighted by atomic mass is 10.0. The molecule has 4 rings (SSSR count). The smallest absolute Gasteiger partial charge is 0.323 e. The molecule has 0 amide bonds. The highest BCUT2D eigenvalue weighted by Gasteiger charge is 2.05. The average molecular weight is 382 g/mol. The number of aliphatic imine (C=N–C) groups is 1. The number of allylic oxidation sites excluding steroid dienone is 3. The molecule has 0 unspecified atom stereocenters. The molecule has 0 atom stereocenters. The minimum absolute atomic E-state index is 0.215. The average Bonchev–Trinajstić information content (AvgIpc) is 3.11. The molecule has 144 valence electrons. The van der Waals surface area contributed by atoms with Crippen molar-refractivity contribution in [3.8, 4) is 0 Å². The first kappa shape index (κ1) is 18.5. The number of nitrogens with one attached hydrogen (secondary N) is 3. The summed E-state index contributed by atoms with van der Waals surface area (Å²) < 4.78 is 0. The number of hydrogen-bond donors (Lipinski definition) is 3. The predicted octanol–water partition coefficient (Wildman–Crippen LogP) is 4.74. The quantitative estimate of drug-likeness (QED) is 0.333. The zero-order valence-electron chi connectivity index (χ0n) is 16.2. The topological polar surface area (TPSA) is 73.0 Å². The molecule has 0 aliphatic heterocycles. The van der Waals surface area contributed by atoms with Crippen molar-refractivity contribution in [3.05, 3.63) is 100 Å². The third kappa shape index (κ3) is 4.04. The van der Waals surface area contributed by atoms with Crippen LogP contribution in [0.2, 0.25) is 0 Å². The van der Waals surface area contributed by atoms with Crippen LogP contribution < -0.4 is 11.0 Å². The standard InChI is InChI=1S/C24H22N4O/c1-16(26-15-19-8-5-7-17-6-3-4-9-21(17)19)12-20(14-25-2)18-10-11-22-23(13-18)28-24(29)27-22/h3-14,26H,2,15H2,1H3,(H2,27,28,29)/b16-12+,20-14+. The molecule has 4 aromatic rings. The fourth-order valence-corrected chi connectivity index (χ4v) is 3.47. The molecule has 3 aromatic carbocycles. The van der Waals surface area contributed by atoms with E-state index in [9.17, 15) is 4.79 Å². The van der Waals surface area contributed by atoms with Gasteiger partial charge in [0.05, 0.1) is 11.0 Å². The maximum Gasteiger partial charge on any atom is 0.323 e. The van der Waals surface area contributed by atoms with Crippen LogP contribution in [0, 0.1) is 0 Å². The Balaban J connectivity index is 1.58. The molecule has 1 aromatic heterocycles. The maximum atomic E-state index is 11.5. The van der Waals surface area contributed by atoms with Crippen molar-refractivity contribution in [2.45, 2.75) is 13.5 Å². The minimum Gasteiger partial charge on any atom is -0.384 e. The Morgan fingerprint density at radius 1 is 1.07 bits per heavy atom. The fourth-order valence-electron chi connectivity index (χ4n) is 3.47. The number of fused-ring (bicyclic) bond motifs is 2. The van der Waals surface area contributed by atoms with Gasteiger partial charge in [0.1, 0.15) is 0 Å². The molecule has 0 saturated carbocycles. The normalized spacial score (nSPS) is 12.4. The Morgan fingerprint density at radius 2 is 1.86 bits per heavy atom. The van der Waals surface area contributed by atoms with E-state index in [1.54, 1.807) is 6.20 Å². The molecule has 0 radical (unpaired) electrons. The summed E-state index contributed by atoms with van der Waals surface area (Å²) in [5.41, 5.74) is 5.44. The van der Waals surface area contributed by atoms with Crippen LogP contribution in [0.4, 0.5) is 0 Å². The van der Waals surface area contributed by atoms with Crippen molar-refractivity contribution in [2.24, 2.45) is 4.99 Å². The van der Waals surface area contributed by atoms with Gasteiger partial charge in [0.15, 0.2) is 0 Å². The van der Waals surface area contributed by atoms with E-state index < -0.39 is 0 Å². The lowest BCUT2D eigenvalue weighted by Crippen LogP contribution is -2.11. The van der Waals surface area contributed by atoms with Crippen molar-refractivity contribution in [3.63, 3.8) is 0 Å². The monoisotopic (exact) mass is 382 g/mol. The van der Waals surface area contributed by atoms with Crippen LogP contribution in [0.3, 0.4) is 0 Å². The van der Waals surface area contributed by atoms with E-state index in [0.29, 0.717) is 0 Å². The van der Waals surface area contributed by atoms with Gasteiger partial charge in [0.2, 0.25) is 0 Å². The van der Waals surface area contributed by atoms with Crippen molar-refractivity contribution in [2.75, 3.05) is 0 Å². The number of nitrogens with zero attached hydrogens (tertiary/aromatic N) is 1. The zero-order valence-corrected chi connectivity index (χ0v) is 16.2. The second-order valence-electron chi connectivity index (χ2n) is 6.93. The van der Waals surface area contributed by atoms with Gasteiger partial charge in [-0.1, -0.05) is 48.5 Å². The molecular weight excluding hydrogens is 360 g/mol. The number of imidazole rings is 1. The summed E-state index contributed by atoms with van der Waals surface area (Å²) in [6, 6.07) is 20.5. The van der Waals surface area contributed by atoms with Gasteiger partial charge in [-0.3, -0.25) is 4.99 Å². The van der Waals surface area contributed by atoms with Gasteiger partial charge in [-0.2, -0.15) is 0 Å². The molecule has 5 nitrogen and oxygen atoms in total. The molecular formula is C24H22N4O. The predicted molar refractivity (Wildman–Crippen MR) is 121 cm³/mol. The first-order valence-electron chi connectivity index (χ1n) is 9.41. The summed E-state index contributed by atoms with van der Waals surface area (Å²) >= 11 is 0. The molecule has 0 saturated heterocycles. The van der Waals surface area contributed by atoms with E-state index in [0.717, 1.165) is 34.4 Å². The molecule has 0 aliphatic rings. The van der Waals surface area contributed by atoms with Gasteiger partial charge in [-0.15, -0.1) is 0 Å². The van der Waals surface area contributed by atoms with Crippen LogP contribution >= 0.6 is 0 Å². The molecule has 1 heterocycles. The lowest BCUT2D eigenvalue weighted by Gasteiger charge is -2.11. The number of hydrogen-bond acceptors (Lipinski definition) is 3. The van der Waals surface area contributed by atoms with E-state index in [4.69, 9.17) is 0 Å². The van der Waals surface area contributed by atoms with E-state index in [2.05, 4.69) is 69.5 Å². The highest BCUT2D eigenvalue weighted by atomic mass is 16.1. The van der Waals surface area contributed by atoms with Crippen LogP contribution in [0.15, 0.2) is 88.4 Å². The van der Waals surface area contributed by atoms with Crippen LogP contribution in [0.5, 0.6) is 0 Å². The Kier molecular flexibility index (Phi) is 5.12. The molecule has 0 fully saturated rings. The third-order valence-corrected chi connectivity index (χ3v) is 4.89. The third-order valence-electron chi connectivity index (χ3n) is 4.89. The molecule has 3 N–H and O–H groups in total. The van der Waals surface area contributed by atoms with Crippen LogP contribution in [-0.2, 0) is 6.54 Å². The highest BCUT2D eigenvalue weighted by molar-refractivity contribution is 5.86. The number of aromatic amines is 2. The maximum absolute atomic E-state index is 11.5. The summed E-state index contributed by atoms with van der Waals surface area (Å²) in [5, 5.41) is 5.97. The van der Waals surface area contributed by atoms with E-state index >= 15 is 0 Å². The van der Waals surface area contributed by atoms with Crippen molar-refractivity contribution in [1.29, 1.82) is 0 Å². The number of rotatable bonds is 6. The van der Waals surface area contributed by atoms with Crippen LogP contribution in [0.25, 0.3) is 27.4 Å². The Bertz CT molecular complexity index is 1300. The van der Waals surface area contributed by atoms with Crippen LogP contribution in [0.1, 0.15) is 18.1 Å². The van der Waals surface area contributed by atoms with Crippen molar-refractivity contribution in [1.82, 2.24) is 15.3 Å². The van der Waals surface area contributed by atoms with E-state index in [-0.39, 0.29) is 5.69 Å². The minimum atomic E-state index is -0.215. The molecule has 0 bridgehead atoms. The number of benzene rings is 3. The molecule has 29 heavy (non-hydrogen) atoms. The van der Waals surface area contributed by atoms with E-state index in [1.165, 1.54) is 16.3 Å². The summed E-state index contributed by atoms with van der Waals surface area (Å²) in [6.07, 6.45) is 3.75. The van der Waals surface area contributed by atoms with Gasteiger partial charge in [-0.05, 0) is 53.7 Å². The lowest BCUT2D eigenvalue weighted by molar-refractivity contribution is 0.818. The van der Waals surface area contributed by atoms with Crippen molar-refractivity contribution >= 4 is 34.1 Å². The second kappa shape index (κ2) is 8.02. The molecule has 0 spiro atoms. The summed E-state index contributed by atoms with van der Waals surface area (Å²) in [4.78, 5) is 21.0. The first-order chi connectivity index (χ1) is 14.1. The summed E-state index contributed by atoms with van der Waals surface area (Å²) in [7, 11) is 0. The van der Waals surface area contributed by atoms with Crippen LogP contribution in [-0.4, -0.2) is 16.7 Å². The summed E-state index contributed by atoms with van der Waals surface area (Å²) in [5.74, 6) is 0. The Hall–Kier alpha value is -3.86. The second-order valence-corrected chi connectivity index (χ2v) is 6.93.